The van der Waals surface area contributed by atoms with Gasteiger partial charge in [0.15, 0.2) is 0 Å². The van der Waals surface area contributed by atoms with Gasteiger partial charge in [-0.25, -0.2) is 4.98 Å². The fourth-order valence-electron chi connectivity index (χ4n) is 2.97. The maximum absolute atomic E-state index is 12.6. The predicted molar refractivity (Wildman–Crippen MR) is 105 cm³/mol. The molecular formula is C17H24N4O2S2. The fraction of sp³-hybridized carbons (Fsp3) is 0.588. The summed E-state index contributed by atoms with van der Waals surface area (Å²) in [7, 11) is 0. The predicted octanol–water partition coefficient (Wildman–Crippen LogP) is 2.05. The van der Waals surface area contributed by atoms with Gasteiger partial charge in [0.2, 0.25) is 5.91 Å². The molecule has 1 fully saturated rings. The Bertz CT molecular complexity index is 822. The molecular weight excluding hydrogens is 356 g/mol. The van der Waals surface area contributed by atoms with Crippen LogP contribution < -0.4 is 10.9 Å². The van der Waals surface area contributed by atoms with E-state index in [0.717, 1.165) is 47.9 Å². The molecule has 1 aliphatic heterocycles. The molecule has 0 aliphatic carbocycles. The zero-order valence-electron chi connectivity index (χ0n) is 14.8. The standard InChI is InChI=1S/C17H24N4O2S2/c1-10-11(2)25-16-14(10)15(22)19-13(20-16)9-24-12(3)17(23)21-7-4-5-18-6-8-21/h12,18H,4-9H2,1-3H3,(H,19,20,22). The van der Waals surface area contributed by atoms with Gasteiger partial charge in [-0.15, -0.1) is 23.1 Å². The van der Waals surface area contributed by atoms with Crippen LogP contribution >= 0.6 is 23.1 Å². The van der Waals surface area contributed by atoms with Crippen LogP contribution in [0, 0.1) is 13.8 Å². The average molecular weight is 381 g/mol. The van der Waals surface area contributed by atoms with E-state index in [-0.39, 0.29) is 16.7 Å². The van der Waals surface area contributed by atoms with Gasteiger partial charge in [-0.05, 0) is 39.3 Å². The molecule has 0 spiro atoms. The number of hydrogen-bond donors (Lipinski definition) is 2. The second-order valence-corrected chi connectivity index (χ2v) is 8.89. The van der Waals surface area contributed by atoms with Crippen LogP contribution in [0.5, 0.6) is 0 Å². The lowest BCUT2D eigenvalue weighted by Crippen LogP contribution is -2.38. The van der Waals surface area contributed by atoms with Crippen molar-refractivity contribution in [3.63, 3.8) is 0 Å². The molecule has 1 amide bonds. The highest BCUT2D eigenvalue weighted by atomic mass is 32.2. The topological polar surface area (TPSA) is 78.1 Å². The fourth-order valence-corrected chi connectivity index (χ4v) is 4.85. The van der Waals surface area contributed by atoms with Gasteiger partial charge in [0.05, 0.1) is 16.4 Å². The Balaban J connectivity index is 1.67. The number of hydrogen-bond acceptors (Lipinski definition) is 6. The lowest BCUT2D eigenvalue weighted by molar-refractivity contribution is -0.130. The number of H-pyrrole nitrogens is 1. The molecule has 1 atom stereocenters. The molecule has 1 aliphatic rings. The number of carbonyl (C=O) groups is 1. The Labute approximate surface area is 155 Å². The van der Waals surface area contributed by atoms with Gasteiger partial charge in [0.25, 0.3) is 5.56 Å². The molecule has 6 nitrogen and oxygen atoms in total. The zero-order valence-corrected chi connectivity index (χ0v) is 16.5. The first-order valence-electron chi connectivity index (χ1n) is 8.57. The van der Waals surface area contributed by atoms with Gasteiger partial charge in [0, 0.05) is 24.5 Å². The van der Waals surface area contributed by atoms with Crippen molar-refractivity contribution >= 4 is 39.2 Å². The van der Waals surface area contributed by atoms with Crippen LogP contribution in [0.25, 0.3) is 10.2 Å². The smallest absolute Gasteiger partial charge is 0.259 e. The van der Waals surface area contributed by atoms with Gasteiger partial charge in [-0.3, -0.25) is 9.59 Å². The lowest BCUT2D eigenvalue weighted by Gasteiger charge is -2.23. The van der Waals surface area contributed by atoms with E-state index in [4.69, 9.17) is 0 Å². The van der Waals surface area contributed by atoms with Crippen LogP contribution in [0.15, 0.2) is 4.79 Å². The van der Waals surface area contributed by atoms with Crippen LogP contribution in [0.1, 0.15) is 29.6 Å². The molecule has 0 radical (unpaired) electrons. The van der Waals surface area contributed by atoms with E-state index in [2.05, 4.69) is 15.3 Å². The SMILES string of the molecule is Cc1sc2nc(CSC(C)C(=O)N3CCCNCC3)[nH]c(=O)c2c1C. The molecule has 1 unspecified atom stereocenters. The van der Waals surface area contributed by atoms with Crippen LogP contribution in [0.4, 0.5) is 0 Å². The van der Waals surface area contributed by atoms with E-state index < -0.39 is 0 Å². The summed E-state index contributed by atoms with van der Waals surface area (Å²) >= 11 is 3.08. The number of carbonyl (C=O) groups excluding carboxylic acids is 1. The molecule has 0 aromatic carbocycles. The number of fused-ring (bicyclic) bond motifs is 1. The molecule has 2 aromatic heterocycles. The highest BCUT2D eigenvalue weighted by molar-refractivity contribution is 7.99. The first-order valence-corrected chi connectivity index (χ1v) is 10.4. The summed E-state index contributed by atoms with van der Waals surface area (Å²) in [5, 5.41) is 3.85. The number of thiophene rings is 1. The third-order valence-corrected chi connectivity index (χ3v) is 6.80. The summed E-state index contributed by atoms with van der Waals surface area (Å²) in [6.07, 6.45) is 0.992. The van der Waals surface area contributed by atoms with Crippen molar-refractivity contribution < 1.29 is 4.79 Å². The molecule has 25 heavy (non-hydrogen) atoms. The van der Waals surface area contributed by atoms with Crippen molar-refractivity contribution in [1.82, 2.24) is 20.2 Å². The van der Waals surface area contributed by atoms with Crippen LogP contribution in [0.3, 0.4) is 0 Å². The Hall–Kier alpha value is -1.38. The highest BCUT2D eigenvalue weighted by Gasteiger charge is 2.22. The van der Waals surface area contributed by atoms with Gasteiger partial charge >= 0.3 is 0 Å². The van der Waals surface area contributed by atoms with Crippen molar-refractivity contribution in [2.45, 2.75) is 38.2 Å². The Morgan fingerprint density at radius 3 is 2.96 bits per heavy atom. The monoisotopic (exact) mass is 380 g/mol. The second kappa shape index (κ2) is 7.88. The molecule has 8 heteroatoms. The summed E-state index contributed by atoms with van der Waals surface area (Å²) in [6.45, 7) is 9.29. The molecule has 0 saturated carbocycles. The van der Waals surface area contributed by atoms with Crippen molar-refractivity contribution in [2.24, 2.45) is 0 Å². The van der Waals surface area contributed by atoms with Crippen molar-refractivity contribution in [3.8, 4) is 0 Å². The molecule has 2 aromatic rings. The van der Waals surface area contributed by atoms with Gasteiger partial charge in [-0.1, -0.05) is 0 Å². The molecule has 3 rings (SSSR count). The van der Waals surface area contributed by atoms with Crippen molar-refractivity contribution in [2.75, 3.05) is 26.2 Å². The van der Waals surface area contributed by atoms with E-state index >= 15 is 0 Å². The summed E-state index contributed by atoms with van der Waals surface area (Å²) in [4.78, 5) is 36.2. The Kier molecular flexibility index (Phi) is 5.81. The molecule has 3 heterocycles. The van der Waals surface area contributed by atoms with E-state index in [1.54, 1.807) is 11.3 Å². The van der Waals surface area contributed by atoms with Crippen LogP contribution in [0.2, 0.25) is 0 Å². The lowest BCUT2D eigenvalue weighted by atomic mass is 10.2. The largest absolute Gasteiger partial charge is 0.340 e. The molecule has 1 saturated heterocycles. The highest BCUT2D eigenvalue weighted by Crippen LogP contribution is 2.26. The number of nitrogens with one attached hydrogen (secondary N) is 2. The van der Waals surface area contributed by atoms with Gasteiger partial charge in [0.1, 0.15) is 10.7 Å². The first kappa shape index (κ1) is 18.4. The normalized spacial score (nSPS) is 16.8. The van der Waals surface area contributed by atoms with Crippen molar-refractivity contribution in [1.29, 1.82) is 0 Å². The molecule has 136 valence electrons. The van der Waals surface area contributed by atoms with Gasteiger partial charge in [-0.2, -0.15) is 0 Å². The maximum atomic E-state index is 12.6. The maximum Gasteiger partial charge on any atom is 0.259 e. The minimum Gasteiger partial charge on any atom is -0.340 e. The van der Waals surface area contributed by atoms with Gasteiger partial charge < -0.3 is 15.2 Å². The number of aromatic nitrogens is 2. The van der Waals surface area contributed by atoms with E-state index in [1.165, 1.54) is 11.8 Å². The Morgan fingerprint density at radius 1 is 1.36 bits per heavy atom. The summed E-state index contributed by atoms with van der Waals surface area (Å²) in [5.41, 5.74) is 0.922. The summed E-state index contributed by atoms with van der Waals surface area (Å²) in [6, 6.07) is 0. The van der Waals surface area contributed by atoms with E-state index in [0.29, 0.717) is 17.0 Å². The quantitative estimate of drug-likeness (QED) is 0.849. The van der Waals surface area contributed by atoms with E-state index in [9.17, 15) is 9.59 Å². The number of nitrogens with zero attached hydrogens (tertiary/aromatic N) is 2. The minimum atomic E-state index is -0.147. The molecule has 2 N–H and O–H groups in total. The van der Waals surface area contributed by atoms with E-state index in [1.807, 2.05) is 25.7 Å². The number of aromatic amines is 1. The summed E-state index contributed by atoms with van der Waals surface area (Å²) < 4.78 is 0. The van der Waals surface area contributed by atoms with Crippen molar-refractivity contribution in [3.05, 3.63) is 26.6 Å². The number of amides is 1. The number of thioether (sulfide) groups is 1. The van der Waals surface area contributed by atoms with Crippen LogP contribution in [-0.4, -0.2) is 52.2 Å². The third-order valence-electron chi connectivity index (χ3n) is 4.56. The average Bonchev–Trinajstić information content (AvgIpc) is 2.78. The third kappa shape index (κ3) is 4.07. The number of aryl methyl sites for hydroxylation is 2. The van der Waals surface area contributed by atoms with Crippen LogP contribution in [-0.2, 0) is 10.5 Å². The second-order valence-electron chi connectivity index (χ2n) is 6.36. The summed E-state index contributed by atoms with van der Waals surface area (Å²) in [5.74, 6) is 1.33. The zero-order chi connectivity index (χ0) is 18.0. The minimum absolute atomic E-state index is 0.0833. The number of rotatable bonds is 4. The molecule has 0 bridgehead atoms. The first-order chi connectivity index (χ1) is 12.0. The Morgan fingerprint density at radius 2 is 2.16 bits per heavy atom.